The van der Waals surface area contributed by atoms with Crippen molar-refractivity contribution in [3.05, 3.63) is 17.4 Å². The van der Waals surface area contributed by atoms with Crippen LogP contribution in [0.25, 0.3) is 0 Å². The van der Waals surface area contributed by atoms with Gasteiger partial charge in [0.15, 0.2) is 0 Å². The van der Waals surface area contributed by atoms with Crippen LogP contribution in [0.3, 0.4) is 0 Å². The first kappa shape index (κ1) is 11.0. The van der Waals surface area contributed by atoms with E-state index in [1.807, 2.05) is 11.8 Å². The van der Waals surface area contributed by atoms with Gasteiger partial charge in [0, 0.05) is 11.8 Å². The van der Waals surface area contributed by atoms with Gasteiger partial charge in [-0.3, -0.25) is 0 Å². The number of thioether (sulfide) groups is 1. The SMILES string of the molecule is Clc1cnc(NCC2CCCCS2)nc1. The Hall–Kier alpha value is -0.480. The van der Waals surface area contributed by atoms with E-state index in [1.165, 1.54) is 25.0 Å². The molecule has 15 heavy (non-hydrogen) atoms. The summed E-state index contributed by atoms with van der Waals surface area (Å²) >= 11 is 7.75. The number of hydrogen-bond donors (Lipinski definition) is 1. The average molecular weight is 244 g/mol. The zero-order valence-electron chi connectivity index (χ0n) is 8.45. The minimum atomic E-state index is 0.576. The summed E-state index contributed by atoms with van der Waals surface area (Å²) in [5.41, 5.74) is 0. The highest BCUT2D eigenvalue weighted by Gasteiger charge is 2.13. The van der Waals surface area contributed by atoms with E-state index in [-0.39, 0.29) is 0 Å². The van der Waals surface area contributed by atoms with Crippen LogP contribution in [-0.2, 0) is 0 Å². The molecule has 0 aliphatic carbocycles. The molecule has 3 nitrogen and oxygen atoms in total. The molecule has 0 aromatic carbocycles. The van der Waals surface area contributed by atoms with E-state index in [2.05, 4.69) is 15.3 Å². The summed E-state index contributed by atoms with van der Waals surface area (Å²) in [7, 11) is 0. The number of nitrogens with zero attached hydrogens (tertiary/aromatic N) is 2. The third kappa shape index (κ3) is 3.54. The molecule has 1 atom stereocenters. The van der Waals surface area contributed by atoms with Gasteiger partial charge in [-0.2, -0.15) is 11.8 Å². The van der Waals surface area contributed by atoms with Crippen LogP contribution in [0.4, 0.5) is 5.95 Å². The molecule has 2 heterocycles. The van der Waals surface area contributed by atoms with E-state index < -0.39 is 0 Å². The Bertz CT molecular complexity index is 298. The first-order valence-electron chi connectivity index (χ1n) is 5.17. The molecule has 5 heteroatoms. The average Bonchev–Trinajstić information content (AvgIpc) is 2.30. The normalized spacial score (nSPS) is 21.3. The Morgan fingerprint density at radius 2 is 2.20 bits per heavy atom. The van der Waals surface area contributed by atoms with E-state index in [1.54, 1.807) is 12.4 Å². The predicted octanol–water partition coefficient (Wildman–Crippen LogP) is 2.83. The molecule has 1 fully saturated rings. The molecule has 2 rings (SSSR count). The van der Waals surface area contributed by atoms with Gasteiger partial charge >= 0.3 is 0 Å². The summed E-state index contributed by atoms with van der Waals surface area (Å²) in [6, 6.07) is 0. The largest absolute Gasteiger partial charge is 0.353 e. The third-order valence-electron chi connectivity index (χ3n) is 2.38. The van der Waals surface area contributed by atoms with Crippen molar-refractivity contribution in [1.82, 2.24) is 9.97 Å². The number of halogens is 1. The van der Waals surface area contributed by atoms with Crippen molar-refractivity contribution in [2.75, 3.05) is 17.6 Å². The lowest BCUT2D eigenvalue weighted by atomic mass is 10.2. The van der Waals surface area contributed by atoms with Crippen LogP contribution < -0.4 is 5.32 Å². The molecule has 0 spiro atoms. The highest BCUT2D eigenvalue weighted by atomic mass is 35.5. The molecule has 1 unspecified atom stereocenters. The number of hydrogen-bond acceptors (Lipinski definition) is 4. The van der Waals surface area contributed by atoms with Crippen molar-refractivity contribution in [3.63, 3.8) is 0 Å². The molecular formula is C10H14ClN3S. The Kier molecular flexibility index (Phi) is 4.09. The van der Waals surface area contributed by atoms with Crippen LogP contribution >= 0.6 is 23.4 Å². The Morgan fingerprint density at radius 1 is 1.40 bits per heavy atom. The lowest BCUT2D eigenvalue weighted by Gasteiger charge is -2.21. The summed E-state index contributed by atoms with van der Waals surface area (Å²) in [5.74, 6) is 1.96. The second-order valence-corrected chi connectivity index (χ2v) is 5.44. The maximum absolute atomic E-state index is 5.70. The van der Waals surface area contributed by atoms with Gasteiger partial charge in [0.2, 0.25) is 5.95 Å². The second-order valence-electron chi connectivity index (χ2n) is 3.59. The fourth-order valence-electron chi connectivity index (χ4n) is 1.58. The number of aromatic nitrogens is 2. The van der Waals surface area contributed by atoms with Gasteiger partial charge in [-0.15, -0.1) is 0 Å². The summed E-state index contributed by atoms with van der Waals surface area (Å²) in [5, 5.41) is 4.52. The van der Waals surface area contributed by atoms with Crippen LogP contribution in [0.1, 0.15) is 19.3 Å². The topological polar surface area (TPSA) is 37.8 Å². The quantitative estimate of drug-likeness (QED) is 0.886. The van der Waals surface area contributed by atoms with Crippen LogP contribution in [0.15, 0.2) is 12.4 Å². The summed E-state index contributed by atoms with van der Waals surface area (Å²) in [4.78, 5) is 8.20. The molecule has 1 aliphatic heterocycles. The van der Waals surface area contributed by atoms with Crippen LogP contribution in [0, 0.1) is 0 Å². The molecule has 1 saturated heterocycles. The van der Waals surface area contributed by atoms with Crippen molar-refractivity contribution in [2.24, 2.45) is 0 Å². The van der Waals surface area contributed by atoms with Crippen molar-refractivity contribution in [1.29, 1.82) is 0 Å². The maximum atomic E-state index is 5.70. The standard InChI is InChI=1S/C10H14ClN3S/c11-8-5-12-10(13-6-8)14-7-9-3-1-2-4-15-9/h5-6,9H,1-4,7H2,(H,12,13,14). The molecule has 0 saturated carbocycles. The minimum absolute atomic E-state index is 0.576. The number of anilines is 1. The zero-order valence-corrected chi connectivity index (χ0v) is 10.0. The highest BCUT2D eigenvalue weighted by Crippen LogP contribution is 2.24. The van der Waals surface area contributed by atoms with Crippen molar-refractivity contribution in [2.45, 2.75) is 24.5 Å². The molecule has 0 amide bonds. The molecule has 82 valence electrons. The Morgan fingerprint density at radius 3 is 2.87 bits per heavy atom. The fourth-order valence-corrected chi connectivity index (χ4v) is 2.91. The predicted molar refractivity (Wildman–Crippen MR) is 65.6 cm³/mol. The van der Waals surface area contributed by atoms with Crippen molar-refractivity contribution < 1.29 is 0 Å². The summed E-state index contributed by atoms with van der Waals surface area (Å²) in [6.07, 6.45) is 7.24. The maximum Gasteiger partial charge on any atom is 0.222 e. The van der Waals surface area contributed by atoms with Gasteiger partial charge in [0.1, 0.15) is 0 Å². The fraction of sp³-hybridized carbons (Fsp3) is 0.600. The van der Waals surface area contributed by atoms with Gasteiger partial charge in [0.05, 0.1) is 17.4 Å². The minimum Gasteiger partial charge on any atom is -0.353 e. The lowest BCUT2D eigenvalue weighted by molar-refractivity contribution is 0.676. The Balaban J connectivity index is 1.79. The van der Waals surface area contributed by atoms with Gasteiger partial charge in [-0.1, -0.05) is 18.0 Å². The van der Waals surface area contributed by atoms with E-state index in [9.17, 15) is 0 Å². The number of nitrogens with one attached hydrogen (secondary N) is 1. The first-order chi connectivity index (χ1) is 7.34. The first-order valence-corrected chi connectivity index (χ1v) is 6.60. The molecule has 0 radical (unpaired) electrons. The van der Waals surface area contributed by atoms with Gasteiger partial charge in [-0.25, -0.2) is 9.97 Å². The second kappa shape index (κ2) is 5.56. The molecular weight excluding hydrogens is 230 g/mol. The van der Waals surface area contributed by atoms with E-state index in [0.29, 0.717) is 16.2 Å². The van der Waals surface area contributed by atoms with E-state index in [4.69, 9.17) is 11.6 Å². The van der Waals surface area contributed by atoms with Gasteiger partial charge in [-0.05, 0) is 18.6 Å². The van der Waals surface area contributed by atoms with E-state index in [0.717, 1.165) is 6.54 Å². The summed E-state index contributed by atoms with van der Waals surface area (Å²) in [6.45, 7) is 0.951. The molecule has 1 aromatic rings. The zero-order chi connectivity index (χ0) is 10.5. The third-order valence-corrected chi connectivity index (χ3v) is 3.98. The van der Waals surface area contributed by atoms with E-state index >= 15 is 0 Å². The molecule has 1 aliphatic rings. The van der Waals surface area contributed by atoms with Gasteiger partial charge in [0.25, 0.3) is 0 Å². The highest BCUT2D eigenvalue weighted by molar-refractivity contribution is 7.99. The molecule has 1 N–H and O–H groups in total. The lowest BCUT2D eigenvalue weighted by Crippen LogP contribution is -2.20. The van der Waals surface area contributed by atoms with Crippen LogP contribution in [-0.4, -0.2) is 27.5 Å². The number of rotatable bonds is 3. The smallest absolute Gasteiger partial charge is 0.222 e. The van der Waals surface area contributed by atoms with Crippen molar-refractivity contribution in [3.8, 4) is 0 Å². The van der Waals surface area contributed by atoms with Gasteiger partial charge < -0.3 is 5.32 Å². The molecule has 0 bridgehead atoms. The summed E-state index contributed by atoms with van der Waals surface area (Å²) < 4.78 is 0. The monoisotopic (exact) mass is 243 g/mol. The van der Waals surface area contributed by atoms with Crippen molar-refractivity contribution >= 4 is 29.3 Å². The van der Waals surface area contributed by atoms with Crippen LogP contribution in [0.2, 0.25) is 5.02 Å². The molecule has 1 aromatic heterocycles. The van der Waals surface area contributed by atoms with Crippen LogP contribution in [0.5, 0.6) is 0 Å². The Labute approximate surface area is 99.0 Å².